The molecule has 3 nitrogen and oxygen atoms in total. The Morgan fingerprint density at radius 1 is 1.21 bits per heavy atom. The fourth-order valence-electron chi connectivity index (χ4n) is 2.70. The van der Waals surface area contributed by atoms with E-state index in [1.165, 1.54) is 11.1 Å². The molecule has 0 aliphatic heterocycles. The number of benzene rings is 1. The molecule has 98 valence electrons. The van der Waals surface area contributed by atoms with E-state index in [0.717, 1.165) is 30.0 Å². The second kappa shape index (κ2) is 4.92. The number of nitrogens with one attached hydrogen (secondary N) is 1. The van der Waals surface area contributed by atoms with Crippen molar-refractivity contribution in [1.29, 1.82) is 0 Å². The van der Waals surface area contributed by atoms with Gasteiger partial charge in [0.2, 0.25) is 0 Å². The van der Waals surface area contributed by atoms with Crippen LogP contribution in [0.15, 0.2) is 36.5 Å². The molecule has 0 bridgehead atoms. The van der Waals surface area contributed by atoms with Gasteiger partial charge < -0.3 is 10.1 Å². The number of anilines is 1. The summed E-state index contributed by atoms with van der Waals surface area (Å²) in [5.41, 5.74) is 4.93. The number of hydrogen-bond donors (Lipinski definition) is 1. The summed E-state index contributed by atoms with van der Waals surface area (Å²) in [6, 6.07) is 11.1. The van der Waals surface area contributed by atoms with E-state index in [-0.39, 0.29) is 0 Å². The average molecular weight is 254 g/mol. The van der Waals surface area contributed by atoms with Crippen LogP contribution in [0, 0.1) is 6.92 Å². The number of ether oxygens (including phenoxy) is 1. The zero-order valence-corrected chi connectivity index (χ0v) is 11.3. The van der Waals surface area contributed by atoms with Crippen LogP contribution < -0.4 is 10.1 Å². The molecule has 3 rings (SSSR count). The lowest BCUT2D eigenvalue weighted by molar-refractivity contribution is 0.414. The van der Waals surface area contributed by atoms with E-state index in [1.54, 1.807) is 13.3 Å². The molecule has 0 saturated carbocycles. The molecule has 0 amide bonds. The molecule has 0 spiro atoms. The fraction of sp³-hybridized carbons (Fsp3) is 0.312. The van der Waals surface area contributed by atoms with Crippen LogP contribution in [-0.2, 0) is 12.8 Å². The molecule has 0 unspecified atom stereocenters. The van der Waals surface area contributed by atoms with Crippen LogP contribution in [0.2, 0.25) is 0 Å². The normalized spacial score (nSPS) is 14.2. The van der Waals surface area contributed by atoms with E-state index >= 15 is 0 Å². The zero-order chi connectivity index (χ0) is 13.2. The van der Waals surface area contributed by atoms with Crippen molar-refractivity contribution in [3.05, 3.63) is 53.3 Å². The van der Waals surface area contributed by atoms with Crippen molar-refractivity contribution >= 4 is 5.69 Å². The minimum Gasteiger partial charge on any atom is -0.493 e. The minimum atomic E-state index is 0.438. The highest BCUT2D eigenvalue weighted by molar-refractivity contribution is 5.57. The first-order valence-corrected chi connectivity index (χ1v) is 6.60. The van der Waals surface area contributed by atoms with Crippen molar-refractivity contribution < 1.29 is 4.74 Å². The standard InChI is InChI=1S/C16H18N2O/c1-11-7-15(16(19-2)10-17-11)18-14-8-12-5-3-4-6-13(12)9-14/h3-7,10,14H,8-9H2,1-2H3,(H,17,18). The maximum Gasteiger partial charge on any atom is 0.160 e. The van der Waals surface area contributed by atoms with Crippen molar-refractivity contribution in [3.8, 4) is 5.75 Å². The molecule has 0 atom stereocenters. The fourth-order valence-corrected chi connectivity index (χ4v) is 2.70. The Bertz CT molecular complexity index is 570. The van der Waals surface area contributed by atoms with Crippen molar-refractivity contribution in [2.75, 3.05) is 12.4 Å². The lowest BCUT2D eigenvalue weighted by Gasteiger charge is -2.16. The van der Waals surface area contributed by atoms with Gasteiger partial charge in [-0.15, -0.1) is 0 Å². The van der Waals surface area contributed by atoms with Crippen molar-refractivity contribution in [1.82, 2.24) is 4.98 Å². The number of aryl methyl sites for hydroxylation is 1. The lowest BCUT2D eigenvalue weighted by atomic mass is 10.1. The molecule has 1 aliphatic rings. The van der Waals surface area contributed by atoms with Gasteiger partial charge in [-0.2, -0.15) is 0 Å². The van der Waals surface area contributed by atoms with Crippen molar-refractivity contribution in [2.24, 2.45) is 0 Å². The molecule has 1 aromatic heterocycles. The first-order chi connectivity index (χ1) is 9.26. The maximum absolute atomic E-state index is 5.36. The predicted molar refractivity (Wildman–Crippen MR) is 76.8 cm³/mol. The summed E-state index contributed by atoms with van der Waals surface area (Å²) in [5.74, 6) is 0.807. The topological polar surface area (TPSA) is 34.1 Å². The lowest BCUT2D eigenvalue weighted by Crippen LogP contribution is -2.20. The van der Waals surface area contributed by atoms with E-state index in [2.05, 4.69) is 34.6 Å². The Hall–Kier alpha value is -2.03. The summed E-state index contributed by atoms with van der Waals surface area (Å²) in [4.78, 5) is 4.26. The Kier molecular flexibility index (Phi) is 3.11. The molecule has 0 saturated heterocycles. The van der Waals surface area contributed by atoms with E-state index < -0.39 is 0 Å². The Morgan fingerprint density at radius 3 is 2.53 bits per heavy atom. The van der Waals surface area contributed by atoms with Crippen LogP contribution in [0.1, 0.15) is 16.8 Å². The largest absolute Gasteiger partial charge is 0.493 e. The summed E-state index contributed by atoms with van der Waals surface area (Å²) in [7, 11) is 1.68. The molecular weight excluding hydrogens is 236 g/mol. The molecule has 1 aliphatic carbocycles. The highest BCUT2D eigenvalue weighted by Crippen LogP contribution is 2.29. The van der Waals surface area contributed by atoms with Gasteiger partial charge >= 0.3 is 0 Å². The number of pyridine rings is 1. The average Bonchev–Trinajstić information content (AvgIpc) is 2.81. The second-order valence-corrected chi connectivity index (χ2v) is 5.04. The number of fused-ring (bicyclic) bond motifs is 1. The van der Waals surface area contributed by atoms with Gasteiger partial charge in [0.05, 0.1) is 19.0 Å². The van der Waals surface area contributed by atoms with E-state index in [1.807, 2.05) is 13.0 Å². The minimum absolute atomic E-state index is 0.438. The quantitative estimate of drug-likeness (QED) is 0.914. The van der Waals surface area contributed by atoms with Crippen LogP contribution in [-0.4, -0.2) is 18.1 Å². The van der Waals surface area contributed by atoms with Gasteiger partial charge in [0.1, 0.15) is 0 Å². The third kappa shape index (κ3) is 2.41. The van der Waals surface area contributed by atoms with Gasteiger partial charge in [0, 0.05) is 11.7 Å². The maximum atomic E-state index is 5.36. The smallest absolute Gasteiger partial charge is 0.160 e. The zero-order valence-electron chi connectivity index (χ0n) is 11.3. The van der Waals surface area contributed by atoms with E-state index in [4.69, 9.17) is 4.74 Å². The molecule has 19 heavy (non-hydrogen) atoms. The first-order valence-electron chi connectivity index (χ1n) is 6.60. The van der Waals surface area contributed by atoms with Crippen LogP contribution in [0.3, 0.4) is 0 Å². The van der Waals surface area contributed by atoms with E-state index in [0.29, 0.717) is 6.04 Å². The van der Waals surface area contributed by atoms with Crippen molar-refractivity contribution in [3.63, 3.8) is 0 Å². The summed E-state index contributed by atoms with van der Waals surface area (Å²) in [6.45, 7) is 1.99. The Labute approximate surface area is 113 Å². The van der Waals surface area contributed by atoms with Gasteiger partial charge in [-0.25, -0.2) is 0 Å². The second-order valence-electron chi connectivity index (χ2n) is 5.04. The highest BCUT2D eigenvalue weighted by atomic mass is 16.5. The molecular formula is C16H18N2O. The molecule has 0 fully saturated rings. The number of methoxy groups -OCH3 is 1. The Morgan fingerprint density at radius 2 is 1.89 bits per heavy atom. The van der Waals surface area contributed by atoms with Crippen LogP contribution in [0.4, 0.5) is 5.69 Å². The molecule has 1 heterocycles. The summed E-state index contributed by atoms with van der Waals surface area (Å²) >= 11 is 0. The molecule has 2 aromatic rings. The third-order valence-corrected chi connectivity index (χ3v) is 3.63. The van der Waals surface area contributed by atoms with Gasteiger partial charge in [0.25, 0.3) is 0 Å². The van der Waals surface area contributed by atoms with E-state index in [9.17, 15) is 0 Å². The Balaban J connectivity index is 1.79. The first kappa shape index (κ1) is 12.0. The molecule has 3 heteroatoms. The monoisotopic (exact) mass is 254 g/mol. The van der Waals surface area contributed by atoms with Crippen LogP contribution in [0.25, 0.3) is 0 Å². The number of aromatic nitrogens is 1. The number of rotatable bonds is 3. The SMILES string of the molecule is COc1cnc(C)cc1NC1Cc2ccccc2C1. The van der Waals surface area contributed by atoms with Crippen LogP contribution >= 0.6 is 0 Å². The predicted octanol–water partition coefficient (Wildman–Crippen LogP) is 2.98. The van der Waals surface area contributed by atoms with Gasteiger partial charge in [0.15, 0.2) is 5.75 Å². The van der Waals surface area contributed by atoms with Gasteiger partial charge in [-0.3, -0.25) is 4.98 Å². The number of nitrogens with zero attached hydrogens (tertiary/aromatic N) is 1. The van der Waals surface area contributed by atoms with Gasteiger partial charge in [-0.1, -0.05) is 24.3 Å². The number of hydrogen-bond acceptors (Lipinski definition) is 3. The van der Waals surface area contributed by atoms with Crippen LogP contribution in [0.5, 0.6) is 5.75 Å². The summed E-state index contributed by atoms with van der Waals surface area (Å²) < 4.78 is 5.36. The third-order valence-electron chi connectivity index (χ3n) is 3.63. The van der Waals surface area contributed by atoms with Crippen molar-refractivity contribution in [2.45, 2.75) is 25.8 Å². The molecule has 0 radical (unpaired) electrons. The summed E-state index contributed by atoms with van der Waals surface area (Å²) in [5, 5.41) is 3.58. The molecule has 1 aromatic carbocycles. The summed E-state index contributed by atoms with van der Waals surface area (Å²) in [6.07, 6.45) is 3.92. The van der Waals surface area contributed by atoms with Gasteiger partial charge in [-0.05, 0) is 37.0 Å². The highest BCUT2D eigenvalue weighted by Gasteiger charge is 2.21. The molecule has 1 N–H and O–H groups in total.